The predicted octanol–water partition coefficient (Wildman–Crippen LogP) is 0.982. The van der Waals surface area contributed by atoms with Crippen LogP contribution in [0.15, 0.2) is 9.98 Å². The number of aromatic nitrogens is 1. The lowest BCUT2D eigenvalue weighted by molar-refractivity contribution is -0.150. The van der Waals surface area contributed by atoms with Gasteiger partial charge in [0, 0.05) is 6.42 Å². The molecule has 0 saturated carbocycles. The van der Waals surface area contributed by atoms with Crippen LogP contribution in [0.2, 0.25) is 0 Å². The normalized spacial score (nSPS) is 12.5. The fourth-order valence-electron chi connectivity index (χ4n) is 0.767. The molecule has 0 radical (unpaired) electrons. The van der Waals surface area contributed by atoms with Crippen LogP contribution in [0.25, 0.3) is 0 Å². The Kier molecular flexibility index (Phi) is 3.83. The highest BCUT2D eigenvalue weighted by Crippen LogP contribution is 2.20. The van der Waals surface area contributed by atoms with Crippen LogP contribution in [0.4, 0.5) is 0 Å². The van der Waals surface area contributed by atoms with Crippen molar-refractivity contribution in [2.75, 3.05) is 7.11 Å². The molecule has 1 heterocycles. The van der Waals surface area contributed by atoms with Crippen LogP contribution in [-0.4, -0.2) is 29.3 Å². The first kappa shape index (κ1) is 10.6. The van der Waals surface area contributed by atoms with E-state index in [1.807, 2.05) is 0 Å². The number of nitrogens with zero attached hydrogens (tertiary/aromatic N) is 1. The SMILES string of the molecule is COC(=O)C(O)Cc1ncc(Br)s1. The summed E-state index contributed by atoms with van der Waals surface area (Å²) in [5, 5.41) is 9.96. The largest absolute Gasteiger partial charge is 0.467 e. The van der Waals surface area contributed by atoms with Gasteiger partial charge in [0.15, 0.2) is 6.10 Å². The number of esters is 1. The van der Waals surface area contributed by atoms with E-state index in [2.05, 4.69) is 25.7 Å². The number of hydrogen-bond acceptors (Lipinski definition) is 5. The van der Waals surface area contributed by atoms with Crippen molar-refractivity contribution in [1.29, 1.82) is 0 Å². The highest BCUT2D eigenvalue weighted by atomic mass is 79.9. The lowest BCUT2D eigenvalue weighted by Gasteiger charge is -2.04. The number of thiazole rings is 1. The van der Waals surface area contributed by atoms with Crippen molar-refractivity contribution in [2.45, 2.75) is 12.5 Å². The molecule has 0 amide bonds. The molecule has 0 aliphatic rings. The molecular weight excluding hydrogens is 258 g/mol. The minimum absolute atomic E-state index is 0.197. The van der Waals surface area contributed by atoms with Crippen LogP contribution in [0.5, 0.6) is 0 Å². The Morgan fingerprint density at radius 3 is 3.08 bits per heavy atom. The number of aliphatic hydroxyl groups excluding tert-OH is 1. The van der Waals surface area contributed by atoms with Crippen LogP contribution in [0, 0.1) is 0 Å². The number of hydrogen-bond donors (Lipinski definition) is 1. The summed E-state index contributed by atoms with van der Waals surface area (Å²) in [6.07, 6.45) is 0.704. The lowest BCUT2D eigenvalue weighted by Crippen LogP contribution is -2.23. The minimum atomic E-state index is -1.12. The second-order valence-corrected chi connectivity index (χ2v) is 4.80. The molecule has 0 bridgehead atoms. The molecule has 0 aliphatic heterocycles. The molecule has 0 spiro atoms. The monoisotopic (exact) mass is 265 g/mol. The summed E-state index contributed by atoms with van der Waals surface area (Å²) in [6.45, 7) is 0. The summed E-state index contributed by atoms with van der Waals surface area (Å²) in [7, 11) is 1.24. The Balaban J connectivity index is 2.54. The molecular formula is C7H8BrNO3S. The van der Waals surface area contributed by atoms with Gasteiger partial charge in [0.2, 0.25) is 0 Å². The van der Waals surface area contributed by atoms with Gasteiger partial charge < -0.3 is 9.84 Å². The highest BCUT2D eigenvalue weighted by Gasteiger charge is 2.17. The van der Waals surface area contributed by atoms with E-state index in [1.165, 1.54) is 18.4 Å². The summed E-state index contributed by atoms with van der Waals surface area (Å²) in [5.41, 5.74) is 0. The van der Waals surface area contributed by atoms with E-state index in [4.69, 9.17) is 0 Å². The number of halogens is 1. The molecule has 72 valence electrons. The number of aliphatic hydroxyl groups is 1. The number of carbonyl (C=O) groups is 1. The van der Waals surface area contributed by atoms with Gasteiger partial charge in [-0.05, 0) is 15.9 Å². The van der Waals surface area contributed by atoms with Gasteiger partial charge in [-0.3, -0.25) is 0 Å². The molecule has 0 aromatic carbocycles. The first-order valence-corrected chi connectivity index (χ1v) is 5.10. The maximum atomic E-state index is 10.8. The lowest BCUT2D eigenvalue weighted by atomic mass is 10.3. The van der Waals surface area contributed by atoms with Gasteiger partial charge in [-0.2, -0.15) is 0 Å². The van der Waals surface area contributed by atoms with Crippen molar-refractivity contribution in [1.82, 2.24) is 4.98 Å². The summed E-state index contributed by atoms with van der Waals surface area (Å²) in [6, 6.07) is 0. The third kappa shape index (κ3) is 3.06. The Morgan fingerprint density at radius 2 is 2.62 bits per heavy atom. The van der Waals surface area contributed by atoms with E-state index >= 15 is 0 Å². The summed E-state index contributed by atoms with van der Waals surface area (Å²) in [5.74, 6) is -0.633. The van der Waals surface area contributed by atoms with Gasteiger partial charge in [0.25, 0.3) is 0 Å². The highest BCUT2D eigenvalue weighted by molar-refractivity contribution is 9.11. The second-order valence-electron chi connectivity index (χ2n) is 2.30. The fourth-order valence-corrected chi connectivity index (χ4v) is 2.11. The molecule has 0 saturated heterocycles. The van der Waals surface area contributed by atoms with Crippen LogP contribution >= 0.6 is 27.3 Å². The van der Waals surface area contributed by atoms with Crippen molar-refractivity contribution < 1.29 is 14.6 Å². The quantitative estimate of drug-likeness (QED) is 0.828. The molecule has 0 fully saturated rings. The maximum Gasteiger partial charge on any atom is 0.335 e. The van der Waals surface area contributed by atoms with Crippen molar-refractivity contribution >= 4 is 33.2 Å². The first-order valence-electron chi connectivity index (χ1n) is 3.49. The molecule has 6 heteroatoms. The van der Waals surface area contributed by atoms with E-state index in [9.17, 15) is 9.90 Å². The minimum Gasteiger partial charge on any atom is -0.467 e. The van der Waals surface area contributed by atoms with E-state index < -0.39 is 12.1 Å². The molecule has 4 nitrogen and oxygen atoms in total. The number of methoxy groups -OCH3 is 1. The number of ether oxygens (including phenoxy) is 1. The van der Waals surface area contributed by atoms with Gasteiger partial charge in [-0.1, -0.05) is 0 Å². The van der Waals surface area contributed by atoms with Gasteiger partial charge in [-0.15, -0.1) is 11.3 Å². The van der Waals surface area contributed by atoms with Gasteiger partial charge in [0.05, 0.1) is 22.1 Å². The Hall–Kier alpha value is -0.460. The Morgan fingerprint density at radius 1 is 1.92 bits per heavy atom. The zero-order valence-electron chi connectivity index (χ0n) is 6.86. The van der Waals surface area contributed by atoms with Gasteiger partial charge in [0.1, 0.15) is 0 Å². The van der Waals surface area contributed by atoms with Gasteiger partial charge in [-0.25, -0.2) is 9.78 Å². The fraction of sp³-hybridized carbons (Fsp3) is 0.429. The average Bonchev–Trinajstić information content (AvgIpc) is 2.49. The predicted molar refractivity (Wildman–Crippen MR) is 51.5 cm³/mol. The molecule has 1 rings (SSSR count). The van der Waals surface area contributed by atoms with Crippen molar-refractivity contribution in [3.63, 3.8) is 0 Å². The summed E-state index contributed by atoms with van der Waals surface area (Å²) < 4.78 is 5.24. The molecule has 1 unspecified atom stereocenters. The zero-order chi connectivity index (χ0) is 9.84. The van der Waals surface area contributed by atoms with E-state index in [0.717, 1.165) is 3.79 Å². The summed E-state index contributed by atoms with van der Waals surface area (Å²) >= 11 is 4.62. The van der Waals surface area contributed by atoms with E-state index in [0.29, 0.717) is 5.01 Å². The molecule has 1 aromatic heterocycles. The second kappa shape index (κ2) is 4.69. The van der Waals surface area contributed by atoms with Crippen LogP contribution in [0.3, 0.4) is 0 Å². The van der Waals surface area contributed by atoms with Crippen molar-refractivity contribution in [3.8, 4) is 0 Å². The van der Waals surface area contributed by atoms with Crippen molar-refractivity contribution in [2.24, 2.45) is 0 Å². The average molecular weight is 266 g/mol. The van der Waals surface area contributed by atoms with Crippen LogP contribution in [0.1, 0.15) is 5.01 Å². The first-order chi connectivity index (χ1) is 6.13. The van der Waals surface area contributed by atoms with Crippen molar-refractivity contribution in [3.05, 3.63) is 15.0 Å². The third-order valence-electron chi connectivity index (χ3n) is 1.37. The Bertz CT molecular complexity index is 302. The maximum absolute atomic E-state index is 10.8. The zero-order valence-corrected chi connectivity index (χ0v) is 9.26. The topological polar surface area (TPSA) is 59.4 Å². The standard InChI is InChI=1S/C7H8BrNO3S/c1-12-7(11)4(10)2-6-9-3-5(8)13-6/h3-4,10H,2H2,1H3. The molecule has 13 heavy (non-hydrogen) atoms. The molecule has 1 atom stereocenters. The van der Waals surface area contributed by atoms with Gasteiger partial charge >= 0.3 is 5.97 Å². The Labute approximate surface area is 87.7 Å². The molecule has 1 aromatic rings. The summed E-state index contributed by atoms with van der Waals surface area (Å²) in [4.78, 5) is 14.8. The van der Waals surface area contributed by atoms with E-state index in [1.54, 1.807) is 6.20 Å². The van der Waals surface area contributed by atoms with Crippen LogP contribution in [-0.2, 0) is 16.0 Å². The number of rotatable bonds is 3. The molecule has 1 N–H and O–H groups in total. The smallest absolute Gasteiger partial charge is 0.335 e. The van der Waals surface area contributed by atoms with E-state index in [-0.39, 0.29) is 6.42 Å². The molecule has 0 aliphatic carbocycles. The number of carbonyl (C=O) groups excluding carboxylic acids is 1. The third-order valence-corrected chi connectivity index (χ3v) is 2.87. The van der Waals surface area contributed by atoms with Crippen LogP contribution < -0.4 is 0 Å².